The summed E-state index contributed by atoms with van der Waals surface area (Å²) in [7, 11) is 0. The van der Waals surface area contributed by atoms with Crippen LogP contribution in [0.4, 0.5) is 0 Å². The Morgan fingerprint density at radius 3 is 1.60 bits per heavy atom. The summed E-state index contributed by atoms with van der Waals surface area (Å²) in [6, 6.07) is 0. The fraction of sp³-hybridized carbons (Fsp3) is 1.00. The van der Waals surface area contributed by atoms with Crippen molar-refractivity contribution >= 4 is 12.6 Å². The zero-order valence-electron chi connectivity index (χ0n) is 5.77. The van der Waals surface area contributed by atoms with Gasteiger partial charge in [0.2, 0.25) is 0 Å². The topological polar surface area (TPSA) is 86.7 Å². The Morgan fingerprint density at radius 2 is 1.60 bits per heavy atom. The van der Waals surface area contributed by atoms with Gasteiger partial charge in [0.15, 0.2) is 0 Å². The van der Waals surface area contributed by atoms with Gasteiger partial charge in [-0.25, -0.2) is 0 Å². The first-order valence-electron chi connectivity index (χ1n) is 2.93. The maximum Gasteiger partial charge on any atom is 0.100 e. The summed E-state index contributed by atoms with van der Waals surface area (Å²) >= 11 is 3.80. The van der Waals surface area contributed by atoms with Crippen LogP contribution in [0.15, 0.2) is 0 Å². The number of hydrogen-bond acceptors (Lipinski definition) is 5. The Kier molecular flexibility index (Phi) is 15.3. The number of rotatable bonds is 3. The molecule has 5 heteroatoms. The third kappa shape index (κ3) is 15.7. The molecule has 0 unspecified atom stereocenters. The lowest BCUT2D eigenvalue weighted by molar-refractivity contribution is 0.0450. The lowest BCUT2D eigenvalue weighted by Crippen LogP contribution is -2.15. The molecule has 0 bridgehead atoms. The summed E-state index contributed by atoms with van der Waals surface area (Å²) < 4.78 is 0. The van der Waals surface area contributed by atoms with Crippen molar-refractivity contribution in [1.29, 1.82) is 0 Å². The Labute approximate surface area is 66.1 Å². The van der Waals surface area contributed by atoms with Crippen molar-refractivity contribution in [3.63, 3.8) is 0 Å². The highest BCUT2D eigenvalue weighted by Crippen LogP contribution is 1.71. The molecule has 0 rings (SSSR count). The molecule has 0 atom stereocenters. The molecule has 0 radical (unpaired) electrons. The smallest absolute Gasteiger partial charge is 0.100 e. The van der Waals surface area contributed by atoms with Crippen LogP contribution in [0, 0.1) is 0 Å². The van der Waals surface area contributed by atoms with Crippen molar-refractivity contribution in [3.05, 3.63) is 0 Å². The van der Waals surface area contributed by atoms with E-state index in [1.54, 1.807) is 0 Å². The number of aliphatic hydroxyl groups excluding tert-OH is 3. The van der Waals surface area contributed by atoms with Crippen molar-refractivity contribution in [2.45, 2.75) is 6.10 Å². The molecule has 0 aliphatic carbocycles. The molecule has 0 heterocycles. The van der Waals surface area contributed by atoms with E-state index >= 15 is 0 Å². The zero-order valence-corrected chi connectivity index (χ0v) is 6.67. The number of thiol groups is 1. The SMILES string of the molecule is NCCS.OCC(O)CO. The molecule has 0 spiro atoms. The minimum Gasteiger partial charge on any atom is -0.394 e. The van der Waals surface area contributed by atoms with Gasteiger partial charge in [-0.15, -0.1) is 0 Å². The maximum absolute atomic E-state index is 8.17. The Morgan fingerprint density at radius 1 is 1.30 bits per heavy atom. The van der Waals surface area contributed by atoms with E-state index in [1.807, 2.05) is 0 Å². The number of hydrogen-bond donors (Lipinski definition) is 5. The third-order valence-corrected chi connectivity index (χ3v) is 0.809. The maximum atomic E-state index is 8.17. The summed E-state index contributed by atoms with van der Waals surface area (Å²) in [5, 5.41) is 24.0. The van der Waals surface area contributed by atoms with Gasteiger partial charge < -0.3 is 21.1 Å². The standard InChI is InChI=1S/C3H8O3.C2H7NS/c4-1-3(6)2-5;3-1-2-4/h3-6H,1-2H2;4H,1-3H2. The fourth-order valence-corrected chi connectivity index (χ4v) is 0.0577. The van der Waals surface area contributed by atoms with E-state index in [-0.39, 0.29) is 13.2 Å². The summed E-state index contributed by atoms with van der Waals surface area (Å²) in [5.74, 6) is 0.792. The molecule has 0 aliphatic heterocycles. The second kappa shape index (κ2) is 11.9. The van der Waals surface area contributed by atoms with Crippen molar-refractivity contribution in [2.24, 2.45) is 5.73 Å². The largest absolute Gasteiger partial charge is 0.394 e. The van der Waals surface area contributed by atoms with Gasteiger partial charge in [-0.2, -0.15) is 12.6 Å². The Balaban J connectivity index is 0. The summed E-state index contributed by atoms with van der Waals surface area (Å²) in [4.78, 5) is 0. The van der Waals surface area contributed by atoms with Gasteiger partial charge in [-0.3, -0.25) is 0 Å². The van der Waals surface area contributed by atoms with Crippen molar-refractivity contribution < 1.29 is 15.3 Å². The van der Waals surface area contributed by atoms with Gasteiger partial charge in [0, 0.05) is 12.3 Å². The van der Waals surface area contributed by atoms with Gasteiger partial charge in [0.1, 0.15) is 6.10 Å². The van der Waals surface area contributed by atoms with Gasteiger partial charge in [-0.1, -0.05) is 0 Å². The van der Waals surface area contributed by atoms with Crippen LogP contribution in [0.5, 0.6) is 0 Å². The molecule has 10 heavy (non-hydrogen) atoms. The minimum absolute atomic E-state index is 0.365. The third-order valence-electron chi connectivity index (χ3n) is 0.551. The first-order chi connectivity index (χ1) is 4.72. The molecule has 0 amide bonds. The molecule has 0 aromatic heterocycles. The first-order valence-corrected chi connectivity index (χ1v) is 3.56. The molecule has 0 fully saturated rings. The van der Waals surface area contributed by atoms with Gasteiger partial charge in [0.25, 0.3) is 0 Å². The molecule has 64 valence electrons. The van der Waals surface area contributed by atoms with Crippen molar-refractivity contribution in [2.75, 3.05) is 25.5 Å². The van der Waals surface area contributed by atoms with Crippen LogP contribution in [0.25, 0.3) is 0 Å². The zero-order chi connectivity index (χ0) is 8.41. The van der Waals surface area contributed by atoms with Crippen LogP contribution in [-0.2, 0) is 0 Å². The second-order valence-electron chi connectivity index (χ2n) is 1.53. The normalized spacial score (nSPS) is 9.00. The van der Waals surface area contributed by atoms with Crippen LogP contribution < -0.4 is 5.73 Å². The summed E-state index contributed by atoms with van der Waals surface area (Å²) in [6.45, 7) is -0.0455. The number of nitrogens with two attached hydrogens (primary N) is 1. The average molecular weight is 169 g/mol. The van der Waals surface area contributed by atoms with E-state index < -0.39 is 6.10 Å². The summed E-state index contributed by atoms with van der Waals surface area (Å²) in [6.07, 6.45) is -0.954. The molecule has 0 aromatic carbocycles. The Hall–Kier alpha value is 0.190. The van der Waals surface area contributed by atoms with Gasteiger partial charge >= 0.3 is 0 Å². The van der Waals surface area contributed by atoms with Crippen LogP contribution in [0.3, 0.4) is 0 Å². The van der Waals surface area contributed by atoms with Gasteiger partial charge in [-0.05, 0) is 0 Å². The van der Waals surface area contributed by atoms with E-state index in [2.05, 4.69) is 12.6 Å². The molecule has 5 N–H and O–H groups in total. The fourth-order valence-electron chi connectivity index (χ4n) is 0.0577. The molecule has 0 saturated heterocycles. The highest BCUT2D eigenvalue weighted by Gasteiger charge is 1.93. The minimum atomic E-state index is -0.954. The monoisotopic (exact) mass is 169 g/mol. The van der Waals surface area contributed by atoms with Crippen molar-refractivity contribution in [1.82, 2.24) is 0 Å². The van der Waals surface area contributed by atoms with E-state index in [0.29, 0.717) is 6.54 Å². The van der Waals surface area contributed by atoms with Crippen LogP contribution in [0.1, 0.15) is 0 Å². The highest BCUT2D eigenvalue weighted by molar-refractivity contribution is 7.80. The van der Waals surface area contributed by atoms with Crippen molar-refractivity contribution in [3.8, 4) is 0 Å². The van der Waals surface area contributed by atoms with Gasteiger partial charge in [0.05, 0.1) is 13.2 Å². The quantitative estimate of drug-likeness (QED) is 0.323. The highest BCUT2D eigenvalue weighted by atomic mass is 32.1. The first kappa shape index (κ1) is 12.8. The van der Waals surface area contributed by atoms with Crippen LogP contribution >= 0.6 is 12.6 Å². The van der Waals surface area contributed by atoms with E-state index in [4.69, 9.17) is 21.1 Å². The molecular weight excluding hydrogens is 154 g/mol. The van der Waals surface area contributed by atoms with Crippen LogP contribution in [-0.4, -0.2) is 46.9 Å². The van der Waals surface area contributed by atoms with Crippen LogP contribution in [0.2, 0.25) is 0 Å². The molecule has 0 aromatic rings. The van der Waals surface area contributed by atoms with E-state index in [1.165, 1.54) is 0 Å². The predicted octanol–water partition coefficient (Wildman–Crippen LogP) is -1.79. The lowest BCUT2D eigenvalue weighted by Gasteiger charge is -1.96. The number of aliphatic hydroxyl groups is 3. The van der Waals surface area contributed by atoms with E-state index in [9.17, 15) is 0 Å². The average Bonchev–Trinajstić information content (AvgIpc) is 2.03. The summed E-state index contributed by atoms with van der Waals surface area (Å²) in [5.41, 5.74) is 4.95. The Bertz CT molecular complexity index is 50.2. The lowest BCUT2D eigenvalue weighted by atomic mass is 10.4. The molecular formula is C5H15NO3S. The predicted molar refractivity (Wildman–Crippen MR) is 43.1 cm³/mol. The molecule has 0 saturated carbocycles. The molecule has 0 aliphatic rings. The second-order valence-corrected chi connectivity index (χ2v) is 1.98. The molecule has 4 nitrogen and oxygen atoms in total. The van der Waals surface area contributed by atoms with E-state index in [0.717, 1.165) is 5.75 Å².